The van der Waals surface area contributed by atoms with Crippen molar-refractivity contribution in [2.75, 3.05) is 11.5 Å². The van der Waals surface area contributed by atoms with Crippen molar-refractivity contribution in [1.82, 2.24) is 14.8 Å². The minimum absolute atomic E-state index is 0.123. The molecule has 0 aromatic carbocycles. The molecule has 0 aliphatic carbocycles. The molecule has 1 aliphatic heterocycles. The summed E-state index contributed by atoms with van der Waals surface area (Å²) in [5.74, 6) is 3.32. The van der Waals surface area contributed by atoms with Crippen LogP contribution in [0.1, 0.15) is 34.7 Å². The molecule has 1 aliphatic rings. The van der Waals surface area contributed by atoms with Crippen LogP contribution in [0.2, 0.25) is 0 Å². The van der Waals surface area contributed by atoms with Gasteiger partial charge in [0.15, 0.2) is 21.5 Å². The fourth-order valence-electron chi connectivity index (χ4n) is 3.27. The number of furan rings is 1. The largest absolute Gasteiger partial charge is 0.466 e. The average Bonchev–Trinajstić information content (AvgIpc) is 3.28. The van der Waals surface area contributed by atoms with E-state index in [9.17, 15) is 8.42 Å². The molecular weight excluding hydrogens is 358 g/mol. The summed E-state index contributed by atoms with van der Waals surface area (Å²) >= 11 is 1.66. The van der Waals surface area contributed by atoms with Gasteiger partial charge in [-0.25, -0.2) is 18.1 Å². The first-order chi connectivity index (χ1) is 11.9. The van der Waals surface area contributed by atoms with Crippen LogP contribution in [0.15, 0.2) is 28.0 Å². The number of rotatable bonds is 4. The molecule has 4 heterocycles. The van der Waals surface area contributed by atoms with Gasteiger partial charge in [-0.3, -0.25) is 0 Å². The molecule has 0 spiro atoms. The fraction of sp³-hybridized carbons (Fsp3) is 0.412. The summed E-state index contributed by atoms with van der Waals surface area (Å²) in [5, 5.41) is 6.69. The summed E-state index contributed by atoms with van der Waals surface area (Å²) < 4.78 is 31.3. The normalized spacial score (nSPS) is 19.5. The highest BCUT2D eigenvalue weighted by atomic mass is 32.2. The molecule has 0 amide bonds. The van der Waals surface area contributed by atoms with Gasteiger partial charge in [-0.15, -0.1) is 11.3 Å². The Balaban J connectivity index is 1.77. The van der Waals surface area contributed by atoms with Gasteiger partial charge < -0.3 is 4.42 Å². The summed E-state index contributed by atoms with van der Waals surface area (Å²) in [6, 6.07) is 5.83. The lowest BCUT2D eigenvalue weighted by atomic mass is 10.2. The average molecular weight is 377 g/mol. The third-order valence-corrected chi connectivity index (χ3v) is 7.05. The molecule has 8 heteroatoms. The molecule has 0 bridgehead atoms. The van der Waals surface area contributed by atoms with Gasteiger partial charge in [0.25, 0.3) is 0 Å². The predicted octanol–water partition coefficient (Wildman–Crippen LogP) is 3.17. The SMILES string of the molecule is Cc1cc(-c2nc(Cc3cccs3)nn2[C@H]2CCS(=O)(=O)C2)c(C)o1. The lowest BCUT2D eigenvalue weighted by Crippen LogP contribution is -2.14. The van der Waals surface area contributed by atoms with Gasteiger partial charge in [-0.1, -0.05) is 6.07 Å². The zero-order chi connectivity index (χ0) is 17.6. The molecular formula is C17H19N3O3S2. The highest BCUT2D eigenvalue weighted by Crippen LogP contribution is 2.31. The minimum atomic E-state index is -3.00. The van der Waals surface area contributed by atoms with Crippen LogP contribution in [0.4, 0.5) is 0 Å². The highest BCUT2D eigenvalue weighted by molar-refractivity contribution is 7.91. The van der Waals surface area contributed by atoms with Gasteiger partial charge >= 0.3 is 0 Å². The number of hydrogen-bond acceptors (Lipinski definition) is 6. The number of hydrogen-bond donors (Lipinski definition) is 0. The number of aryl methyl sites for hydroxylation is 2. The van der Waals surface area contributed by atoms with Crippen LogP contribution in [-0.2, 0) is 16.3 Å². The maximum absolute atomic E-state index is 11.9. The zero-order valence-corrected chi connectivity index (χ0v) is 15.7. The molecule has 1 atom stereocenters. The van der Waals surface area contributed by atoms with Crippen LogP contribution in [0.3, 0.4) is 0 Å². The van der Waals surface area contributed by atoms with Crippen LogP contribution in [0, 0.1) is 13.8 Å². The van der Waals surface area contributed by atoms with Crippen LogP contribution in [-0.4, -0.2) is 34.7 Å². The Morgan fingerprint density at radius 2 is 2.24 bits per heavy atom. The van der Waals surface area contributed by atoms with Gasteiger partial charge in [0.05, 0.1) is 23.1 Å². The first-order valence-corrected chi connectivity index (χ1v) is 10.9. The number of aromatic nitrogens is 3. The van der Waals surface area contributed by atoms with Crippen molar-refractivity contribution in [3.05, 3.63) is 45.8 Å². The summed E-state index contributed by atoms with van der Waals surface area (Å²) in [6.45, 7) is 3.79. The third kappa shape index (κ3) is 3.28. The van der Waals surface area contributed by atoms with Gasteiger partial charge in [-0.2, -0.15) is 5.10 Å². The second-order valence-electron chi connectivity index (χ2n) is 6.44. The van der Waals surface area contributed by atoms with Crippen molar-refractivity contribution < 1.29 is 12.8 Å². The third-order valence-electron chi connectivity index (χ3n) is 4.42. The van der Waals surface area contributed by atoms with Crippen molar-refractivity contribution >= 4 is 21.2 Å². The summed E-state index contributed by atoms with van der Waals surface area (Å²) in [5.41, 5.74) is 0.881. The van der Waals surface area contributed by atoms with Gasteiger partial charge in [0.2, 0.25) is 0 Å². The topological polar surface area (TPSA) is 78.0 Å². The van der Waals surface area contributed by atoms with Gasteiger partial charge in [-0.05, 0) is 37.8 Å². The summed E-state index contributed by atoms with van der Waals surface area (Å²) in [6.07, 6.45) is 1.22. The van der Waals surface area contributed by atoms with E-state index in [1.807, 2.05) is 31.4 Å². The molecule has 0 saturated carbocycles. The standard InChI is InChI=1S/C17H19N3O3S2/c1-11-8-15(12(2)23-11)17-18-16(9-14-4-3-6-24-14)19-20(17)13-5-7-25(21,22)10-13/h3-4,6,8,13H,5,7,9-10H2,1-2H3/t13-/m0/s1. The maximum atomic E-state index is 11.9. The van der Waals surface area contributed by atoms with E-state index in [0.717, 1.165) is 17.1 Å². The Bertz CT molecular complexity index is 1000. The lowest BCUT2D eigenvalue weighted by molar-refractivity contribution is 0.494. The second kappa shape index (κ2) is 6.10. The van der Waals surface area contributed by atoms with Gasteiger partial charge in [0, 0.05) is 11.3 Å². The van der Waals surface area contributed by atoms with E-state index in [-0.39, 0.29) is 17.5 Å². The van der Waals surface area contributed by atoms with Crippen LogP contribution >= 0.6 is 11.3 Å². The molecule has 3 aromatic heterocycles. The summed E-state index contributed by atoms with van der Waals surface area (Å²) in [7, 11) is -3.00. The second-order valence-corrected chi connectivity index (χ2v) is 9.70. The Morgan fingerprint density at radius 1 is 1.40 bits per heavy atom. The van der Waals surface area contributed by atoms with Crippen molar-refractivity contribution in [2.45, 2.75) is 32.7 Å². The van der Waals surface area contributed by atoms with Crippen LogP contribution < -0.4 is 0 Å². The molecule has 4 rings (SSSR count). The highest BCUT2D eigenvalue weighted by Gasteiger charge is 2.32. The first-order valence-electron chi connectivity index (χ1n) is 8.17. The summed E-state index contributed by atoms with van der Waals surface area (Å²) in [4.78, 5) is 5.91. The Hall–Kier alpha value is -1.93. The Morgan fingerprint density at radius 3 is 2.84 bits per heavy atom. The molecule has 1 saturated heterocycles. The van der Waals surface area contributed by atoms with Crippen LogP contribution in [0.5, 0.6) is 0 Å². The molecule has 132 valence electrons. The van der Waals surface area contributed by atoms with E-state index < -0.39 is 9.84 Å². The molecule has 25 heavy (non-hydrogen) atoms. The fourth-order valence-corrected chi connectivity index (χ4v) is 5.66. The van der Waals surface area contributed by atoms with E-state index in [2.05, 4.69) is 11.2 Å². The van der Waals surface area contributed by atoms with Crippen molar-refractivity contribution in [1.29, 1.82) is 0 Å². The lowest BCUT2D eigenvalue weighted by Gasteiger charge is -2.11. The number of thiophene rings is 1. The molecule has 0 radical (unpaired) electrons. The number of sulfone groups is 1. The monoisotopic (exact) mass is 377 g/mol. The molecule has 3 aromatic rings. The van der Waals surface area contributed by atoms with E-state index in [4.69, 9.17) is 9.40 Å². The van der Waals surface area contributed by atoms with E-state index >= 15 is 0 Å². The molecule has 0 N–H and O–H groups in total. The Kier molecular flexibility index (Phi) is 4.04. The minimum Gasteiger partial charge on any atom is -0.466 e. The number of nitrogens with zero attached hydrogens (tertiary/aromatic N) is 3. The van der Waals surface area contributed by atoms with Crippen molar-refractivity contribution in [3.63, 3.8) is 0 Å². The van der Waals surface area contributed by atoms with Crippen molar-refractivity contribution in [2.24, 2.45) is 0 Å². The van der Waals surface area contributed by atoms with Crippen molar-refractivity contribution in [3.8, 4) is 11.4 Å². The predicted molar refractivity (Wildman–Crippen MR) is 96.6 cm³/mol. The van der Waals surface area contributed by atoms with E-state index in [1.165, 1.54) is 4.88 Å². The quantitative estimate of drug-likeness (QED) is 0.698. The zero-order valence-electron chi connectivity index (χ0n) is 14.1. The van der Waals surface area contributed by atoms with Gasteiger partial charge in [0.1, 0.15) is 11.5 Å². The maximum Gasteiger partial charge on any atom is 0.162 e. The first kappa shape index (κ1) is 16.5. The van der Waals surface area contributed by atoms with E-state index in [0.29, 0.717) is 24.5 Å². The molecule has 1 fully saturated rings. The molecule has 6 nitrogen and oxygen atoms in total. The van der Waals surface area contributed by atoms with Crippen LogP contribution in [0.25, 0.3) is 11.4 Å². The Labute approximate surface area is 150 Å². The van der Waals surface area contributed by atoms with E-state index in [1.54, 1.807) is 16.0 Å². The molecule has 0 unspecified atom stereocenters. The smallest absolute Gasteiger partial charge is 0.162 e.